The largest absolute Gasteiger partial charge is 0.405 e. The Morgan fingerprint density at radius 1 is 1.18 bits per heavy atom. The molecule has 1 atom stereocenters. The molecule has 0 spiro atoms. The third-order valence-corrected chi connectivity index (χ3v) is 7.01. The Labute approximate surface area is 230 Å². The fourth-order valence-corrected chi connectivity index (χ4v) is 5.03. The van der Waals surface area contributed by atoms with E-state index in [-0.39, 0.29) is 19.0 Å². The highest BCUT2D eigenvalue weighted by Crippen LogP contribution is 2.28. The van der Waals surface area contributed by atoms with E-state index < -0.39 is 24.5 Å². The highest BCUT2D eigenvalue weighted by atomic mass is 32.2. The van der Waals surface area contributed by atoms with E-state index in [1.165, 1.54) is 11.8 Å². The van der Waals surface area contributed by atoms with Gasteiger partial charge < -0.3 is 16.0 Å². The van der Waals surface area contributed by atoms with Crippen LogP contribution in [-0.2, 0) is 9.59 Å². The van der Waals surface area contributed by atoms with E-state index in [0.717, 1.165) is 16.2 Å². The van der Waals surface area contributed by atoms with E-state index in [4.69, 9.17) is 0 Å². The predicted molar refractivity (Wildman–Crippen MR) is 142 cm³/mol. The second-order valence-electron chi connectivity index (χ2n) is 9.36. The van der Waals surface area contributed by atoms with Crippen molar-refractivity contribution in [1.82, 2.24) is 34.8 Å². The van der Waals surface area contributed by atoms with Crippen LogP contribution in [0.15, 0.2) is 58.7 Å². The van der Waals surface area contributed by atoms with Crippen molar-refractivity contribution < 1.29 is 22.8 Å². The summed E-state index contributed by atoms with van der Waals surface area (Å²) >= 11 is 1.36. The Morgan fingerprint density at radius 2 is 1.98 bits per heavy atom. The molecule has 0 saturated carbocycles. The molecule has 0 unspecified atom stereocenters. The number of H-pyrrole nitrogens is 1. The van der Waals surface area contributed by atoms with Crippen LogP contribution in [-0.4, -0.2) is 73.6 Å². The Kier molecular flexibility index (Phi) is 7.93. The first-order chi connectivity index (χ1) is 19.1. The standard InChI is InChI=1S/C25H26F3N9O2S/c1-15-11-19(35-34-15)31-23-33-24(32-20-3-2-9-37(20)23)40-18-6-4-17(5-7-18)30-21(38)13-36-10-8-16(12-36)22(39)29-14-25(26,27)28/h2-7,9,11,16H,8,10,12-14H2,1H3,(H,29,39)(H,30,38)(H2,31,32,33,34,35)/t16-/m1/s1. The molecule has 15 heteroatoms. The molecule has 4 heterocycles. The van der Waals surface area contributed by atoms with E-state index in [1.54, 1.807) is 17.0 Å². The number of aryl methyl sites for hydroxylation is 1. The fourth-order valence-electron chi connectivity index (χ4n) is 4.28. The van der Waals surface area contributed by atoms with Crippen molar-refractivity contribution in [3.8, 4) is 0 Å². The Morgan fingerprint density at radius 3 is 2.70 bits per heavy atom. The van der Waals surface area contributed by atoms with Gasteiger partial charge in [-0.2, -0.15) is 23.3 Å². The topological polar surface area (TPSA) is 132 Å². The first-order valence-electron chi connectivity index (χ1n) is 12.4. The second-order valence-corrected chi connectivity index (χ2v) is 10.4. The van der Waals surface area contributed by atoms with E-state index in [0.29, 0.717) is 35.6 Å². The molecule has 1 saturated heterocycles. The average molecular weight is 574 g/mol. The second kappa shape index (κ2) is 11.6. The number of carbonyl (C=O) groups is 2. The third-order valence-electron chi connectivity index (χ3n) is 6.13. The molecule has 4 N–H and O–H groups in total. The average Bonchev–Trinajstić information content (AvgIpc) is 3.65. The van der Waals surface area contributed by atoms with Gasteiger partial charge in [-0.3, -0.25) is 24.0 Å². The molecule has 2 amide bonds. The van der Waals surface area contributed by atoms with E-state index in [9.17, 15) is 22.8 Å². The summed E-state index contributed by atoms with van der Waals surface area (Å²) in [4.78, 5) is 36.3. The molecule has 210 valence electrons. The molecule has 1 aromatic carbocycles. The summed E-state index contributed by atoms with van der Waals surface area (Å²) in [7, 11) is 0. The number of nitrogens with one attached hydrogen (secondary N) is 4. The van der Waals surface area contributed by atoms with Gasteiger partial charge in [0.25, 0.3) is 0 Å². The molecule has 11 nitrogen and oxygen atoms in total. The van der Waals surface area contributed by atoms with Crippen LogP contribution in [0.2, 0.25) is 0 Å². The Hall–Kier alpha value is -4.11. The summed E-state index contributed by atoms with van der Waals surface area (Å²) < 4.78 is 38.8. The molecule has 0 radical (unpaired) electrons. The van der Waals surface area contributed by atoms with Crippen molar-refractivity contribution in [2.45, 2.75) is 29.6 Å². The summed E-state index contributed by atoms with van der Waals surface area (Å²) in [6, 6.07) is 12.8. The number of rotatable bonds is 9. The zero-order chi connectivity index (χ0) is 28.3. The van der Waals surface area contributed by atoms with Crippen LogP contribution in [0, 0.1) is 12.8 Å². The lowest BCUT2D eigenvalue weighted by molar-refractivity contribution is -0.140. The maximum absolute atomic E-state index is 12.5. The summed E-state index contributed by atoms with van der Waals surface area (Å²) in [5.74, 6) is -0.291. The molecule has 1 aliphatic heterocycles. The normalized spacial score (nSPS) is 15.8. The van der Waals surface area contributed by atoms with E-state index >= 15 is 0 Å². The molecular formula is C25H26F3N9O2S. The number of benzene rings is 1. The lowest BCUT2D eigenvalue weighted by Gasteiger charge is -2.16. The number of alkyl halides is 3. The van der Waals surface area contributed by atoms with Crippen molar-refractivity contribution in [2.24, 2.45) is 5.92 Å². The highest BCUT2D eigenvalue weighted by Gasteiger charge is 2.33. The summed E-state index contributed by atoms with van der Waals surface area (Å²) in [5, 5.41) is 15.5. The number of aromatic nitrogens is 5. The number of carbonyl (C=O) groups excluding carboxylic acids is 2. The molecule has 5 rings (SSSR count). The van der Waals surface area contributed by atoms with Gasteiger partial charge in [0.2, 0.25) is 17.8 Å². The maximum Gasteiger partial charge on any atom is 0.405 e. The lowest BCUT2D eigenvalue weighted by atomic mass is 10.1. The van der Waals surface area contributed by atoms with Crippen LogP contribution in [0.1, 0.15) is 12.1 Å². The minimum Gasteiger partial charge on any atom is -0.347 e. The van der Waals surface area contributed by atoms with Crippen LogP contribution >= 0.6 is 11.8 Å². The molecular weight excluding hydrogens is 547 g/mol. The molecule has 4 aromatic rings. The van der Waals surface area contributed by atoms with Crippen LogP contribution < -0.4 is 16.0 Å². The van der Waals surface area contributed by atoms with Gasteiger partial charge in [0, 0.05) is 35.1 Å². The van der Waals surface area contributed by atoms with Gasteiger partial charge in [0.1, 0.15) is 12.2 Å². The van der Waals surface area contributed by atoms with Gasteiger partial charge >= 0.3 is 6.18 Å². The zero-order valence-corrected chi connectivity index (χ0v) is 22.1. The first-order valence-corrected chi connectivity index (χ1v) is 13.2. The minimum absolute atomic E-state index is 0.0377. The monoisotopic (exact) mass is 573 g/mol. The highest BCUT2D eigenvalue weighted by molar-refractivity contribution is 7.99. The van der Waals surface area contributed by atoms with Gasteiger partial charge in [-0.25, -0.2) is 4.98 Å². The summed E-state index contributed by atoms with van der Waals surface area (Å²) in [6.07, 6.45) is -2.20. The first kappa shape index (κ1) is 27.5. The van der Waals surface area contributed by atoms with Gasteiger partial charge in [0.15, 0.2) is 11.0 Å². The fraction of sp³-hybridized carbons (Fsp3) is 0.320. The summed E-state index contributed by atoms with van der Waals surface area (Å²) in [6.45, 7) is 1.28. The van der Waals surface area contributed by atoms with Gasteiger partial charge in [0.05, 0.1) is 12.5 Å². The van der Waals surface area contributed by atoms with E-state index in [2.05, 4.69) is 30.8 Å². The van der Waals surface area contributed by atoms with Crippen LogP contribution in [0.5, 0.6) is 0 Å². The van der Waals surface area contributed by atoms with Crippen LogP contribution in [0.4, 0.5) is 30.6 Å². The number of nitrogens with zero attached hydrogens (tertiary/aromatic N) is 5. The third kappa shape index (κ3) is 7.09. The van der Waals surface area contributed by atoms with Gasteiger partial charge in [-0.1, -0.05) is 0 Å². The number of likely N-dealkylation sites (tertiary alicyclic amines) is 1. The molecule has 1 fully saturated rings. The molecule has 0 aliphatic carbocycles. The van der Waals surface area contributed by atoms with Crippen LogP contribution in [0.25, 0.3) is 5.65 Å². The Balaban J connectivity index is 1.15. The van der Waals surface area contributed by atoms with Crippen LogP contribution in [0.3, 0.4) is 0 Å². The summed E-state index contributed by atoms with van der Waals surface area (Å²) in [5.41, 5.74) is 2.23. The van der Waals surface area contributed by atoms with Crippen molar-refractivity contribution in [2.75, 3.05) is 36.8 Å². The SMILES string of the molecule is Cc1cc(Nc2nc(Sc3ccc(NC(=O)CN4CC[C@@H](C(=O)NCC(F)(F)F)C4)cc3)nc3cccn23)n[nH]1. The van der Waals surface area contributed by atoms with E-state index in [1.807, 2.05) is 53.2 Å². The number of fused-ring (bicyclic) bond motifs is 1. The quantitative estimate of drug-likeness (QED) is 0.239. The van der Waals surface area contributed by atoms with Crippen molar-refractivity contribution >= 4 is 46.7 Å². The lowest BCUT2D eigenvalue weighted by Crippen LogP contribution is -2.39. The van der Waals surface area contributed by atoms with Crippen molar-refractivity contribution in [1.29, 1.82) is 0 Å². The number of aromatic amines is 1. The minimum atomic E-state index is -4.45. The molecule has 40 heavy (non-hydrogen) atoms. The number of anilines is 3. The number of halogens is 3. The van der Waals surface area contributed by atoms with Crippen molar-refractivity contribution in [3.63, 3.8) is 0 Å². The molecule has 0 bridgehead atoms. The smallest absolute Gasteiger partial charge is 0.347 e. The van der Waals surface area contributed by atoms with Crippen molar-refractivity contribution in [3.05, 3.63) is 54.4 Å². The Bertz CT molecular complexity index is 1500. The molecule has 1 aliphatic rings. The van der Waals surface area contributed by atoms with Gasteiger partial charge in [-0.05, 0) is 68.0 Å². The number of amides is 2. The maximum atomic E-state index is 12.5. The zero-order valence-electron chi connectivity index (χ0n) is 21.3. The van der Waals surface area contributed by atoms with Gasteiger partial charge in [-0.15, -0.1) is 0 Å². The predicted octanol–water partition coefficient (Wildman–Crippen LogP) is 3.59. The molecule has 3 aromatic heterocycles. The number of hydrogen-bond donors (Lipinski definition) is 4. The number of hydrogen-bond acceptors (Lipinski definition) is 8.